The molecule has 16 heavy (non-hydrogen) atoms. The molecule has 0 rings (SSSR count). The van der Waals surface area contributed by atoms with Crippen molar-refractivity contribution < 1.29 is 14.3 Å². The van der Waals surface area contributed by atoms with Crippen molar-refractivity contribution in [2.24, 2.45) is 5.73 Å². The molecule has 0 aliphatic carbocycles. The number of amides is 1. The van der Waals surface area contributed by atoms with Gasteiger partial charge in [-0.2, -0.15) is 0 Å². The first-order valence-corrected chi connectivity index (χ1v) is 5.97. The molecule has 1 amide bonds. The minimum absolute atomic E-state index is 0. The van der Waals surface area contributed by atoms with Gasteiger partial charge in [0.05, 0.1) is 12.9 Å². The SMILES string of the molecule is COC(=O)CSCCNC(=O)CCCN.Cl. The van der Waals surface area contributed by atoms with E-state index >= 15 is 0 Å². The fourth-order valence-electron chi connectivity index (χ4n) is 0.828. The van der Waals surface area contributed by atoms with Gasteiger partial charge in [-0.05, 0) is 13.0 Å². The lowest BCUT2D eigenvalue weighted by molar-refractivity contribution is -0.137. The lowest BCUT2D eigenvalue weighted by Crippen LogP contribution is -2.26. The predicted molar refractivity (Wildman–Crippen MR) is 67.9 cm³/mol. The molecule has 0 radical (unpaired) electrons. The maximum Gasteiger partial charge on any atom is 0.315 e. The van der Waals surface area contributed by atoms with Gasteiger partial charge in [0, 0.05) is 18.7 Å². The van der Waals surface area contributed by atoms with Gasteiger partial charge < -0.3 is 15.8 Å². The van der Waals surface area contributed by atoms with Gasteiger partial charge in [-0.25, -0.2) is 0 Å². The van der Waals surface area contributed by atoms with Crippen LogP contribution in [0.15, 0.2) is 0 Å². The maximum atomic E-state index is 11.1. The number of carbonyl (C=O) groups is 2. The number of methoxy groups -OCH3 is 1. The van der Waals surface area contributed by atoms with Crippen LogP contribution in [0.25, 0.3) is 0 Å². The molecule has 96 valence electrons. The van der Waals surface area contributed by atoms with Crippen molar-refractivity contribution in [1.29, 1.82) is 0 Å². The summed E-state index contributed by atoms with van der Waals surface area (Å²) in [5.41, 5.74) is 5.27. The standard InChI is InChI=1S/C9H18N2O3S.ClH/c1-14-9(13)7-15-6-5-11-8(12)3-2-4-10;/h2-7,10H2,1H3,(H,11,12);1H. The fourth-order valence-corrected chi connectivity index (χ4v) is 1.50. The molecule has 0 bridgehead atoms. The Bertz CT molecular complexity index is 205. The van der Waals surface area contributed by atoms with Crippen molar-refractivity contribution in [2.45, 2.75) is 12.8 Å². The van der Waals surface area contributed by atoms with Crippen molar-refractivity contribution in [2.75, 3.05) is 31.7 Å². The summed E-state index contributed by atoms with van der Waals surface area (Å²) in [6.45, 7) is 1.11. The second kappa shape index (κ2) is 12.6. The second-order valence-corrected chi connectivity index (χ2v) is 3.98. The zero-order chi connectivity index (χ0) is 11.5. The topological polar surface area (TPSA) is 81.4 Å². The third kappa shape index (κ3) is 11.6. The number of hydrogen-bond acceptors (Lipinski definition) is 5. The van der Waals surface area contributed by atoms with Crippen LogP contribution in [0.1, 0.15) is 12.8 Å². The van der Waals surface area contributed by atoms with Crippen LogP contribution >= 0.6 is 24.2 Å². The fraction of sp³-hybridized carbons (Fsp3) is 0.778. The van der Waals surface area contributed by atoms with Crippen LogP contribution in [-0.2, 0) is 14.3 Å². The highest BCUT2D eigenvalue weighted by atomic mass is 35.5. The minimum Gasteiger partial charge on any atom is -0.468 e. The molecule has 0 spiro atoms. The highest BCUT2D eigenvalue weighted by Gasteiger charge is 2.01. The third-order valence-corrected chi connectivity index (χ3v) is 2.56. The van der Waals surface area contributed by atoms with Gasteiger partial charge in [-0.3, -0.25) is 9.59 Å². The molecule has 0 unspecified atom stereocenters. The molecule has 5 nitrogen and oxygen atoms in total. The van der Waals surface area contributed by atoms with E-state index in [2.05, 4.69) is 10.1 Å². The monoisotopic (exact) mass is 270 g/mol. The van der Waals surface area contributed by atoms with Crippen molar-refractivity contribution in [3.05, 3.63) is 0 Å². The van der Waals surface area contributed by atoms with Crippen molar-refractivity contribution in [3.63, 3.8) is 0 Å². The number of ether oxygens (including phenoxy) is 1. The summed E-state index contributed by atoms with van der Waals surface area (Å²) in [6, 6.07) is 0. The Morgan fingerprint density at radius 2 is 2.12 bits per heavy atom. The average Bonchev–Trinajstić information content (AvgIpc) is 2.25. The molecule has 7 heteroatoms. The first-order valence-electron chi connectivity index (χ1n) is 4.82. The molecule has 0 aliphatic rings. The third-order valence-electron chi connectivity index (χ3n) is 1.62. The van der Waals surface area contributed by atoms with Crippen molar-refractivity contribution in [3.8, 4) is 0 Å². The molecule has 0 aliphatic heterocycles. The molecule has 0 fully saturated rings. The Hall–Kier alpha value is -0.460. The molecular weight excluding hydrogens is 252 g/mol. The Morgan fingerprint density at radius 1 is 1.44 bits per heavy atom. The van der Waals surface area contributed by atoms with E-state index in [1.165, 1.54) is 18.9 Å². The van der Waals surface area contributed by atoms with Gasteiger partial charge >= 0.3 is 5.97 Å². The van der Waals surface area contributed by atoms with Gasteiger partial charge in [-0.15, -0.1) is 24.2 Å². The van der Waals surface area contributed by atoms with Crippen LogP contribution in [0, 0.1) is 0 Å². The van der Waals surface area contributed by atoms with Crippen molar-refractivity contribution >= 4 is 36.0 Å². The Kier molecular flexibility index (Phi) is 14.1. The Labute approximate surface area is 106 Å². The smallest absolute Gasteiger partial charge is 0.315 e. The number of hydrogen-bond donors (Lipinski definition) is 2. The summed E-state index contributed by atoms with van der Waals surface area (Å²) in [6.07, 6.45) is 1.18. The highest BCUT2D eigenvalue weighted by molar-refractivity contribution is 7.99. The van der Waals surface area contributed by atoms with Gasteiger partial charge in [0.25, 0.3) is 0 Å². The van der Waals surface area contributed by atoms with E-state index in [1.54, 1.807) is 0 Å². The van der Waals surface area contributed by atoms with Gasteiger partial charge in [0.1, 0.15) is 0 Å². The van der Waals surface area contributed by atoms with E-state index in [-0.39, 0.29) is 24.3 Å². The lowest BCUT2D eigenvalue weighted by Gasteiger charge is -2.03. The van der Waals surface area contributed by atoms with Crippen LogP contribution in [0.5, 0.6) is 0 Å². The lowest BCUT2D eigenvalue weighted by atomic mass is 10.3. The molecular formula is C9H19ClN2O3S. The predicted octanol–water partition coefficient (Wildman–Crippen LogP) is 0.169. The largest absolute Gasteiger partial charge is 0.468 e. The second-order valence-electron chi connectivity index (χ2n) is 2.87. The quantitative estimate of drug-likeness (QED) is 0.485. The number of esters is 1. The van der Waals surface area contributed by atoms with Gasteiger partial charge in [-0.1, -0.05) is 0 Å². The molecule has 0 atom stereocenters. The Balaban J connectivity index is 0. The molecule has 0 aromatic heterocycles. The summed E-state index contributed by atoms with van der Waals surface area (Å²) >= 11 is 1.44. The van der Waals surface area contributed by atoms with E-state index in [4.69, 9.17) is 5.73 Å². The molecule has 0 aromatic carbocycles. The zero-order valence-electron chi connectivity index (χ0n) is 9.36. The molecule has 0 saturated carbocycles. The summed E-state index contributed by atoms with van der Waals surface area (Å²) < 4.78 is 4.47. The van der Waals surface area contributed by atoms with E-state index < -0.39 is 0 Å². The Morgan fingerprint density at radius 3 is 2.69 bits per heavy atom. The molecule has 0 heterocycles. The first-order chi connectivity index (χ1) is 7.20. The first kappa shape index (κ1) is 17.9. The van der Waals surface area contributed by atoms with E-state index in [0.717, 1.165) is 0 Å². The summed E-state index contributed by atoms with van der Waals surface area (Å²) in [7, 11) is 1.36. The number of rotatable bonds is 8. The maximum absolute atomic E-state index is 11.1. The van der Waals surface area contributed by atoms with Crippen LogP contribution in [0.3, 0.4) is 0 Å². The van der Waals surface area contributed by atoms with Gasteiger partial charge in [0.2, 0.25) is 5.91 Å². The molecule has 0 saturated heterocycles. The minimum atomic E-state index is -0.241. The average molecular weight is 271 g/mol. The number of nitrogens with one attached hydrogen (secondary N) is 1. The summed E-state index contributed by atoms with van der Waals surface area (Å²) in [5, 5.41) is 2.74. The molecule has 0 aromatic rings. The number of halogens is 1. The number of carbonyl (C=O) groups excluding carboxylic acids is 2. The normalized spacial score (nSPS) is 9.12. The van der Waals surface area contributed by atoms with Crippen LogP contribution in [-0.4, -0.2) is 43.6 Å². The van der Waals surface area contributed by atoms with E-state index in [1.807, 2.05) is 0 Å². The summed E-state index contributed by atoms with van der Waals surface area (Å²) in [4.78, 5) is 21.8. The number of thioether (sulfide) groups is 1. The highest BCUT2D eigenvalue weighted by Crippen LogP contribution is 1.98. The van der Waals surface area contributed by atoms with Crippen LogP contribution in [0.2, 0.25) is 0 Å². The van der Waals surface area contributed by atoms with Gasteiger partial charge in [0.15, 0.2) is 0 Å². The van der Waals surface area contributed by atoms with Crippen LogP contribution in [0.4, 0.5) is 0 Å². The zero-order valence-corrected chi connectivity index (χ0v) is 11.0. The van der Waals surface area contributed by atoms with E-state index in [9.17, 15) is 9.59 Å². The van der Waals surface area contributed by atoms with E-state index in [0.29, 0.717) is 37.4 Å². The molecule has 3 N–H and O–H groups in total. The summed E-state index contributed by atoms with van der Waals surface area (Å²) in [5.74, 6) is 0.812. The van der Waals surface area contributed by atoms with Crippen LogP contribution < -0.4 is 11.1 Å². The number of nitrogens with two attached hydrogens (primary N) is 1. The van der Waals surface area contributed by atoms with Crippen molar-refractivity contribution in [1.82, 2.24) is 5.32 Å².